The monoisotopic (exact) mass is 392 g/mol. The Bertz CT molecular complexity index is 924. The van der Waals surface area contributed by atoms with E-state index < -0.39 is 0 Å². The van der Waals surface area contributed by atoms with Crippen molar-refractivity contribution in [3.8, 4) is 11.5 Å². The Labute approximate surface area is 170 Å². The number of anilines is 3. The molecule has 2 aromatic carbocycles. The number of hydrogen-bond acceptors (Lipinski definition) is 6. The molecule has 0 radical (unpaired) electrons. The highest BCUT2D eigenvalue weighted by molar-refractivity contribution is 6.02. The van der Waals surface area contributed by atoms with Crippen LogP contribution in [0.25, 0.3) is 0 Å². The van der Waals surface area contributed by atoms with Crippen LogP contribution in [0, 0.1) is 0 Å². The minimum atomic E-state index is -0.330. The summed E-state index contributed by atoms with van der Waals surface area (Å²) in [6.07, 6.45) is 3.08. The van der Waals surface area contributed by atoms with Gasteiger partial charge in [-0.15, -0.1) is 0 Å². The fourth-order valence-electron chi connectivity index (χ4n) is 2.54. The number of nitrogens with zero attached hydrogens (tertiary/aromatic N) is 2. The van der Waals surface area contributed by atoms with Crippen molar-refractivity contribution in [1.82, 2.24) is 9.97 Å². The van der Waals surface area contributed by atoms with Gasteiger partial charge in [-0.25, -0.2) is 9.97 Å². The summed E-state index contributed by atoms with van der Waals surface area (Å²) in [5.74, 6) is 1.77. The number of carbonyl (C=O) groups excluding carboxylic acids is 1. The van der Waals surface area contributed by atoms with Crippen LogP contribution < -0.4 is 20.1 Å². The summed E-state index contributed by atoms with van der Waals surface area (Å²) in [4.78, 5) is 20.8. The third kappa shape index (κ3) is 5.93. The summed E-state index contributed by atoms with van der Waals surface area (Å²) in [6.45, 7) is 6.48. The molecule has 0 spiro atoms. The van der Waals surface area contributed by atoms with Gasteiger partial charge in [0, 0.05) is 11.4 Å². The lowest BCUT2D eigenvalue weighted by molar-refractivity contribution is 0.102. The molecule has 0 bridgehead atoms. The van der Waals surface area contributed by atoms with Gasteiger partial charge in [-0.05, 0) is 69.3 Å². The minimum Gasteiger partial charge on any atom is -0.494 e. The topological polar surface area (TPSA) is 85.4 Å². The van der Waals surface area contributed by atoms with Crippen molar-refractivity contribution in [2.24, 2.45) is 0 Å². The van der Waals surface area contributed by atoms with Crippen molar-refractivity contribution in [1.29, 1.82) is 0 Å². The van der Waals surface area contributed by atoms with Gasteiger partial charge in [0.2, 0.25) is 0 Å². The van der Waals surface area contributed by atoms with E-state index in [9.17, 15) is 4.79 Å². The van der Waals surface area contributed by atoms with Crippen molar-refractivity contribution in [3.63, 3.8) is 0 Å². The Hall–Kier alpha value is -3.61. The molecular weight excluding hydrogens is 368 g/mol. The second kappa shape index (κ2) is 9.54. The first kappa shape index (κ1) is 20.1. The lowest BCUT2D eigenvalue weighted by atomic mass is 10.3. The van der Waals surface area contributed by atoms with Crippen LogP contribution in [-0.2, 0) is 0 Å². The molecular formula is C22H24N4O3. The van der Waals surface area contributed by atoms with E-state index in [1.165, 1.54) is 12.4 Å². The van der Waals surface area contributed by atoms with Gasteiger partial charge in [0.25, 0.3) is 5.91 Å². The average Bonchev–Trinajstić information content (AvgIpc) is 2.71. The molecule has 1 heterocycles. The molecule has 0 aliphatic carbocycles. The van der Waals surface area contributed by atoms with E-state index in [4.69, 9.17) is 9.47 Å². The Morgan fingerprint density at radius 2 is 1.59 bits per heavy atom. The smallest absolute Gasteiger partial charge is 0.275 e. The van der Waals surface area contributed by atoms with E-state index in [0.29, 0.717) is 18.1 Å². The summed E-state index contributed by atoms with van der Waals surface area (Å²) < 4.78 is 11.0. The molecule has 0 aliphatic heterocycles. The zero-order valence-electron chi connectivity index (χ0n) is 16.7. The molecule has 7 nitrogen and oxygen atoms in total. The fourth-order valence-corrected chi connectivity index (χ4v) is 2.54. The maximum atomic E-state index is 12.3. The SMILES string of the molecule is CCOc1ccc(NC(=O)c2cnc(Nc3ccc(OC(C)C)cc3)cn2)cc1. The van der Waals surface area contributed by atoms with Crippen molar-refractivity contribution < 1.29 is 14.3 Å². The van der Waals surface area contributed by atoms with Crippen LogP contribution in [0.1, 0.15) is 31.3 Å². The zero-order chi connectivity index (χ0) is 20.6. The minimum absolute atomic E-state index is 0.126. The third-order valence-corrected chi connectivity index (χ3v) is 3.81. The van der Waals surface area contributed by atoms with Gasteiger partial charge in [-0.1, -0.05) is 0 Å². The zero-order valence-corrected chi connectivity index (χ0v) is 16.7. The molecule has 1 aromatic heterocycles. The normalized spacial score (nSPS) is 10.5. The Morgan fingerprint density at radius 1 is 0.931 bits per heavy atom. The number of nitrogens with one attached hydrogen (secondary N) is 2. The van der Waals surface area contributed by atoms with Gasteiger partial charge in [0.15, 0.2) is 0 Å². The Balaban J connectivity index is 1.58. The molecule has 0 atom stereocenters. The van der Waals surface area contributed by atoms with Crippen molar-refractivity contribution in [2.75, 3.05) is 17.2 Å². The van der Waals surface area contributed by atoms with Crippen LogP contribution >= 0.6 is 0 Å². The van der Waals surface area contributed by atoms with E-state index in [1.807, 2.05) is 45.0 Å². The maximum Gasteiger partial charge on any atom is 0.275 e. The number of hydrogen-bond donors (Lipinski definition) is 2. The average molecular weight is 392 g/mol. The number of rotatable bonds is 8. The van der Waals surface area contributed by atoms with Crippen molar-refractivity contribution >= 4 is 23.1 Å². The number of carbonyl (C=O) groups is 1. The molecule has 2 N–H and O–H groups in total. The molecule has 7 heteroatoms. The molecule has 0 unspecified atom stereocenters. The molecule has 0 aliphatic rings. The molecule has 29 heavy (non-hydrogen) atoms. The third-order valence-electron chi connectivity index (χ3n) is 3.81. The van der Waals surface area contributed by atoms with Gasteiger partial charge in [-0.2, -0.15) is 0 Å². The largest absolute Gasteiger partial charge is 0.494 e. The second-order valence-electron chi connectivity index (χ2n) is 6.51. The number of aromatic nitrogens is 2. The van der Waals surface area contributed by atoms with Crippen molar-refractivity contribution in [3.05, 3.63) is 66.6 Å². The Kier molecular flexibility index (Phi) is 6.63. The first-order chi connectivity index (χ1) is 14.0. The molecule has 3 aromatic rings. The number of benzene rings is 2. The van der Waals surface area contributed by atoms with E-state index in [0.717, 1.165) is 17.2 Å². The highest BCUT2D eigenvalue weighted by Gasteiger charge is 2.09. The Morgan fingerprint density at radius 3 is 2.17 bits per heavy atom. The van der Waals surface area contributed by atoms with Crippen molar-refractivity contribution in [2.45, 2.75) is 26.9 Å². The lowest BCUT2D eigenvalue weighted by Gasteiger charge is -2.11. The van der Waals surface area contributed by atoms with Crippen LogP contribution in [0.15, 0.2) is 60.9 Å². The maximum absolute atomic E-state index is 12.3. The predicted octanol–water partition coefficient (Wildman–Crippen LogP) is 4.66. The van der Waals surface area contributed by atoms with Gasteiger partial charge < -0.3 is 20.1 Å². The van der Waals surface area contributed by atoms with Crippen LogP contribution in [0.4, 0.5) is 17.2 Å². The molecule has 3 rings (SSSR count). The van der Waals surface area contributed by atoms with Crippen LogP contribution in [0.3, 0.4) is 0 Å². The summed E-state index contributed by atoms with van der Waals surface area (Å²) >= 11 is 0. The van der Waals surface area contributed by atoms with Gasteiger partial charge in [0.1, 0.15) is 23.0 Å². The molecule has 150 valence electrons. The lowest BCUT2D eigenvalue weighted by Crippen LogP contribution is -2.14. The second-order valence-corrected chi connectivity index (χ2v) is 6.51. The van der Waals surface area contributed by atoms with E-state index in [-0.39, 0.29) is 17.7 Å². The standard InChI is InChI=1S/C22H24N4O3/c1-4-28-18-9-5-17(6-10-18)26-22(27)20-13-24-21(14-23-20)25-16-7-11-19(12-8-16)29-15(2)3/h5-15H,4H2,1-3H3,(H,24,25)(H,26,27). The van der Waals surface area contributed by atoms with E-state index >= 15 is 0 Å². The van der Waals surface area contributed by atoms with Crippen LogP contribution in [0.5, 0.6) is 11.5 Å². The highest BCUT2D eigenvalue weighted by atomic mass is 16.5. The van der Waals surface area contributed by atoms with Gasteiger partial charge >= 0.3 is 0 Å². The highest BCUT2D eigenvalue weighted by Crippen LogP contribution is 2.20. The first-order valence-corrected chi connectivity index (χ1v) is 9.43. The molecule has 0 saturated carbocycles. The van der Waals surface area contributed by atoms with Gasteiger partial charge in [0.05, 0.1) is 25.1 Å². The number of ether oxygens (including phenoxy) is 2. The predicted molar refractivity (Wildman–Crippen MR) is 113 cm³/mol. The van der Waals surface area contributed by atoms with Gasteiger partial charge in [-0.3, -0.25) is 4.79 Å². The quantitative estimate of drug-likeness (QED) is 0.580. The van der Waals surface area contributed by atoms with E-state index in [1.54, 1.807) is 24.3 Å². The fraction of sp³-hybridized carbons (Fsp3) is 0.227. The molecule has 1 amide bonds. The van der Waals surface area contributed by atoms with E-state index in [2.05, 4.69) is 20.6 Å². The summed E-state index contributed by atoms with van der Waals surface area (Å²) in [7, 11) is 0. The van der Waals surface area contributed by atoms with Crippen LogP contribution in [-0.4, -0.2) is 28.6 Å². The molecule has 0 saturated heterocycles. The summed E-state index contributed by atoms with van der Waals surface area (Å²) in [6, 6.07) is 14.7. The summed E-state index contributed by atoms with van der Waals surface area (Å²) in [5, 5.41) is 5.93. The molecule has 0 fully saturated rings. The first-order valence-electron chi connectivity index (χ1n) is 9.43. The summed E-state index contributed by atoms with van der Waals surface area (Å²) in [5.41, 5.74) is 1.73. The number of amides is 1. The van der Waals surface area contributed by atoms with Crippen LogP contribution in [0.2, 0.25) is 0 Å².